The van der Waals surface area contributed by atoms with Crippen LogP contribution in [0.15, 0.2) is 0 Å². The monoisotopic (exact) mass is 291 g/mol. The Morgan fingerprint density at radius 1 is 1.11 bits per heavy atom. The van der Waals surface area contributed by atoms with Gasteiger partial charge in [0.15, 0.2) is 0 Å². The summed E-state index contributed by atoms with van der Waals surface area (Å²) < 4.78 is 5.83. The third-order valence-electron chi connectivity index (χ3n) is 4.42. The molecule has 0 aromatic heterocycles. The molecule has 1 heterocycles. The van der Waals surface area contributed by atoms with Gasteiger partial charge in [-0.05, 0) is 44.7 Å². The van der Waals surface area contributed by atoms with Crippen molar-refractivity contribution in [2.45, 2.75) is 64.1 Å². The first-order chi connectivity index (χ1) is 8.74. The van der Waals surface area contributed by atoms with Crippen LogP contribution in [0.4, 0.5) is 0 Å². The molecule has 0 radical (unpaired) electrons. The van der Waals surface area contributed by atoms with Crippen molar-refractivity contribution in [3.63, 3.8) is 0 Å². The van der Waals surface area contributed by atoms with Gasteiger partial charge in [-0.15, -0.1) is 12.4 Å². The lowest BCUT2D eigenvalue weighted by Gasteiger charge is -2.32. The molecule has 0 bridgehead atoms. The van der Waals surface area contributed by atoms with E-state index in [0.717, 1.165) is 25.6 Å². The summed E-state index contributed by atoms with van der Waals surface area (Å²) in [4.78, 5) is 2.38. The van der Waals surface area contributed by atoms with E-state index in [2.05, 4.69) is 11.8 Å². The van der Waals surface area contributed by atoms with Crippen molar-refractivity contribution < 1.29 is 9.84 Å². The number of nitrogens with zero attached hydrogens (tertiary/aromatic N) is 1. The second kappa shape index (κ2) is 9.17. The largest absolute Gasteiger partial charge is 0.389 e. The van der Waals surface area contributed by atoms with E-state index >= 15 is 0 Å². The predicted octanol–water partition coefficient (Wildman–Crippen LogP) is 2.85. The van der Waals surface area contributed by atoms with E-state index in [1.807, 2.05) is 0 Å². The highest BCUT2D eigenvalue weighted by Gasteiger charge is 2.20. The van der Waals surface area contributed by atoms with Gasteiger partial charge >= 0.3 is 0 Å². The van der Waals surface area contributed by atoms with Gasteiger partial charge in [0.25, 0.3) is 0 Å². The summed E-state index contributed by atoms with van der Waals surface area (Å²) in [6.07, 6.45) is 8.98. The molecule has 0 amide bonds. The third-order valence-corrected chi connectivity index (χ3v) is 4.42. The zero-order valence-corrected chi connectivity index (χ0v) is 13.0. The summed E-state index contributed by atoms with van der Waals surface area (Å²) in [6.45, 7) is 5.92. The van der Waals surface area contributed by atoms with Crippen LogP contribution in [0.5, 0.6) is 0 Å². The second-order valence-electron chi connectivity index (χ2n) is 6.23. The number of β-amino-alcohol motifs (C(OH)–C–C–N with tert-alkyl or cyclic N) is 1. The van der Waals surface area contributed by atoms with Gasteiger partial charge in [-0.1, -0.05) is 26.2 Å². The third kappa shape index (κ3) is 6.44. The molecule has 1 N–H and O–H groups in total. The molecular weight excluding hydrogens is 262 g/mol. The predicted molar refractivity (Wildman–Crippen MR) is 80.9 cm³/mol. The number of piperidine rings is 1. The molecule has 4 heteroatoms. The molecule has 19 heavy (non-hydrogen) atoms. The van der Waals surface area contributed by atoms with E-state index in [9.17, 15) is 5.11 Å². The Bertz CT molecular complexity index is 226. The molecule has 1 atom stereocenters. The zero-order valence-electron chi connectivity index (χ0n) is 12.2. The molecule has 2 rings (SSSR count). The van der Waals surface area contributed by atoms with Gasteiger partial charge in [0.2, 0.25) is 0 Å². The minimum absolute atomic E-state index is 0. The molecule has 1 saturated heterocycles. The highest BCUT2D eigenvalue weighted by Crippen LogP contribution is 2.20. The van der Waals surface area contributed by atoms with Gasteiger partial charge in [0, 0.05) is 6.54 Å². The molecule has 1 aliphatic carbocycles. The van der Waals surface area contributed by atoms with Gasteiger partial charge in [-0.25, -0.2) is 0 Å². The Morgan fingerprint density at radius 3 is 2.37 bits per heavy atom. The number of likely N-dealkylation sites (tertiary alicyclic amines) is 1. The first kappa shape index (κ1) is 17.2. The number of hydrogen-bond acceptors (Lipinski definition) is 3. The molecule has 114 valence electrons. The Labute approximate surface area is 124 Å². The number of halogens is 1. The van der Waals surface area contributed by atoms with Crippen LogP contribution in [0.25, 0.3) is 0 Å². The van der Waals surface area contributed by atoms with E-state index in [1.165, 1.54) is 44.9 Å². The maximum Gasteiger partial charge on any atom is 0.0900 e. The van der Waals surface area contributed by atoms with Crippen LogP contribution in [0.2, 0.25) is 0 Å². The van der Waals surface area contributed by atoms with Crippen molar-refractivity contribution in [1.29, 1.82) is 0 Å². The molecule has 0 spiro atoms. The summed E-state index contributed by atoms with van der Waals surface area (Å²) in [5.41, 5.74) is 0. The lowest BCUT2D eigenvalue weighted by Crippen LogP contribution is -2.40. The molecule has 1 saturated carbocycles. The summed E-state index contributed by atoms with van der Waals surface area (Å²) >= 11 is 0. The quantitative estimate of drug-likeness (QED) is 0.845. The first-order valence-electron chi connectivity index (χ1n) is 7.76. The molecule has 1 unspecified atom stereocenters. The minimum atomic E-state index is -0.305. The van der Waals surface area contributed by atoms with E-state index in [0.29, 0.717) is 12.7 Å². The maximum atomic E-state index is 10.0. The number of hydrogen-bond donors (Lipinski definition) is 1. The highest BCUT2D eigenvalue weighted by atomic mass is 35.5. The Hall–Kier alpha value is 0.170. The van der Waals surface area contributed by atoms with Gasteiger partial charge in [0.1, 0.15) is 0 Å². The van der Waals surface area contributed by atoms with Gasteiger partial charge in [-0.2, -0.15) is 0 Å². The number of rotatable bonds is 5. The Morgan fingerprint density at radius 2 is 1.74 bits per heavy atom. The van der Waals surface area contributed by atoms with Crippen molar-refractivity contribution >= 4 is 12.4 Å². The van der Waals surface area contributed by atoms with Crippen molar-refractivity contribution in [2.24, 2.45) is 5.92 Å². The second-order valence-corrected chi connectivity index (χ2v) is 6.23. The number of aliphatic hydroxyl groups excluding tert-OH is 1. The van der Waals surface area contributed by atoms with Crippen molar-refractivity contribution in [3.8, 4) is 0 Å². The minimum Gasteiger partial charge on any atom is -0.389 e. The van der Waals surface area contributed by atoms with Gasteiger partial charge in [0.05, 0.1) is 18.8 Å². The molecular formula is C15H30ClNO2. The Kier molecular flexibility index (Phi) is 8.31. The van der Waals surface area contributed by atoms with Crippen LogP contribution >= 0.6 is 12.4 Å². The fourth-order valence-electron chi connectivity index (χ4n) is 3.07. The summed E-state index contributed by atoms with van der Waals surface area (Å²) in [5.74, 6) is 0.858. The lowest BCUT2D eigenvalue weighted by atomic mass is 9.98. The number of ether oxygens (including phenoxy) is 1. The average molecular weight is 292 g/mol. The fourth-order valence-corrected chi connectivity index (χ4v) is 3.07. The molecule has 3 nitrogen and oxygen atoms in total. The normalized spacial score (nSPS) is 24.9. The van der Waals surface area contributed by atoms with Gasteiger partial charge < -0.3 is 14.7 Å². The first-order valence-corrected chi connectivity index (χ1v) is 7.76. The highest BCUT2D eigenvalue weighted by molar-refractivity contribution is 5.85. The fraction of sp³-hybridized carbons (Fsp3) is 1.00. The van der Waals surface area contributed by atoms with E-state index in [1.54, 1.807) is 0 Å². The Balaban J connectivity index is 0.00000180. The van der Waals surface area contributed by atoms with E-state index in [4.69, 9.17) is 4.74 Å². The maximum absolute atomic E-state index is 10.0. The smallest absolute Gasteiger partial charge is 0.0900 e. The molecule has 0 aromatic rings. The standard InChI is InChI=1S/C15H29NO2.ClH/c1-13-7-9-16(10-8-13)11-14(17)12-18-15-5-3-2-4-6-15;/h13-15,17H,2-12H2,1H3;1H. The van der Waals surface area contributed by atoms with Crippen LogP contribution in [0.3, 0.4) is 0 Å². The summed E-state index contributed by atoms with van der Waals surface area (Å²) in [7, 11) is 0. The molecule has 1 aliphatic heterocycles. The van der Waals surface area contributed by atoms with Crippen LogP contribution in [-0.4, -0.2) is 48.5 Å². The van der Waals surface area contributed by atoms with E-state index < -0.39 is 0 Å². The topological polar surface area (TPSA) is 32.7 Å². The SMILES string of the molecule is CC1CCN(CC(O)COC2CCCCC2)CC1.Cl. The van der Waals surface area contributed by atoms with Crippen molar-refractivity contribution in [1.82, 2.24) is 4.90 Å². The summed E-state index contributed by atoms with van der Waals surface area (Å²) in [5, 5.41) is 10.0. The zero-order chi connectivity index (χ0) is 12.8. The molecule has 2 aliphatic rings. The molecule has 2 fully saturated rings. The van der Waals surface area contributed by atoms with Crippen LogP contribution in [-0.2, 0) is 4.74 Å². The molecule has 0 aromatic carbocycles. The summed E-state index contributed by atoms with van der Waals surface area (Å²) in [6, 6.07) is 0. The lowest BCUT2D eigenvalue weighted by molar-refractivity contribution is -0.0355. The average Bonchev–Trinajstić information content (AvgIpc) is 2.40. The van der Waals surface area contributed by atoms with Crippen LogP contribution in [0, 0.1) is 5.92 Å². The van der Waals surface area contributed by atoms with Crippen LogP contribution in [0.1, 0.15) is 51.9 Å². The van der Waals surface area contributed by atoms with Crippen LogP contribution < -0.4 is 0 Å². The van der Waals surface area contributed by atoms with Gasteiger partial charge in [-0.3, -0.25) is 0 Å². The number of aliphatic hydroxyl groups is 1. The van der Waals surface area contributed by atoms with Crippen molar-refractivity contribution in [2.75, 3.05) is 26.2 Å². The van der Waals surface area contributed by atoms with Crippen molar-refractivity contribution in [3.05, 3.63) is 0 Å². The van der Waals surface area contributed by atoms with E-state index in [-0.39, 0.29) is 18.5 Å².